The topological polar surface area (TPSA) is 49.7 Å². The Hall–Kier alpha value is -0.650. The van der Waals surface area contributed by atoms with Crippen molar-refractivity contribution in [1.29, 1.82) is 0 Å². The second-order valence-corrected chi connectivity index (χ2v) is 2.17. The number of phenolic OH excluding ortho intramolecular Hbond substituents is 2. The lowest BCUT2D eigenvalue weighted by molar-refractivity contribution is 0.444. The van der Waals surface area contributed by atoms with Crippen LogP contribution in [0.15, 0.2) is 18.2 Å². The zero-order chi connectivity index (χ0) is 7.56. The Balaban J connectivity index is 3.09. The van der Waals surface area contributed by atoms with Gasteiger partial charge in [-0.05, 0) is 12.1 Å². The molecule has 0 saturated heterocycles. The van der Waals surface area contributed by atoms with Crippen LogP contribution in [0.3, 0.4) is 0 Å². The summed E-state index contributed by atoms with van der Waals surface area (Å²) in [5, 5.41) is 17.9. The molecule has 0 aromatic heterocycles. The molecule has 0 amide bonds. The van der Waals surface area contributed by atoms with Crippen molar-refractivity contribution in [3.8, 4) is 17.2 Å². The van der Waals surface area contributed by atoms with Crippen LogP contribution < -0.4 is 3.07 Å². The predicted molar refractivity (Wildman–Crippen MR) is 44.4 cm³/mol. The minimum Gasteiger partial charge on any atom is -0.508 e. The molecule has 0 aliphatic heterocycles. The highest BCUT2D eigenvalue weighted by Crippen LogP contribution is 2.30. The van der Waals surface area contributed by atoms with E-state index in [1.807, 2.05) is 0 Å². The summed E-state index contributed by atoms with van der Waals surface area (Å²) in [7, 11) is 0. The average Bonchev–Trinajstić information content (AvgIpc) is 1.94. The zero-order valence-electron chi connectivity index (χ0n) is 4.91. The Morgan fingerprint density at radius 3 is 2.50 bits per heavy atom. The number of rotatable bonds is 1. The molecule has 1 aromatic carbocycles. The molecule has 0 radical (unpaired) electrons. The Morgan fingerprint density at radius 1 is 1.30 bits per heavy atom. The van der Waals surface area contributed by atoms with Gasteiger partial charge in [-0.2, -0.15) is 0 Å². The molecule has 0 fully saturated rings. The number of benzene rings is 1. The van der Waals surface area contributed by atoms with Crippen molar-refractivity contribution in [2.45, 2.75) is 0 Å². The number of halogens is 1. The van der Waals surface area contributed by atoms with Gasteiger partial charge in [-0.15, -0.1) is 0 Å². The van der Waals surface area contributed by atoms with E-state index in [0.29, 0.717) is 0 Å². The fraction of sp³-hybridized carbons (Fsp3) is 0. The monoisotopic (exact) mass is 252 g/mol. The van der Waals surface area contributed by atoms with Crippen LogP contribution in [-0.2, 0) is 0 Å². The van der Waals surface area contributed by atoms with Crippen LogP contribution in [-0.4, -0.2) is 10.2 Å². The maximum atomic E-state index is 8.99. The summed E-state index contributed by atoms with van der Waals surface area (Å²) in [6.45, 7) is 0. The van der Waals surface area contributed by atoms with E-state index in [1.54, 1.807) is 23.0 Å². The third kappa shape index (κ3) is 1.44. The molecule has 54 valence electrons. The molecule has 0 saturated carbocycles. The van der Waals surface area contributed by atoms with Gasteiger partial charge in [0.2, 0.25) is 0 Å². The molecule has 0 heterocycles. The van der Waals surface area contributed by atoms with Crippen molar-refractivity contribution in [3.63, 3.8) is 0 Å². The number of aromatic hydroxyl groups is 2. The first-order valence-corrected chi connectivity index (χ1v) is 3.42. The smallest absolute Gasteiger partial charge is 0.192 e. The van der Waals surface area contributed by atoms with E-state index in [4.69, 9.17) is 10.2 Å². The molecule has 1 aromatic rings. The molecule has 0 bridgehead atoms. The van der Waals surface area contributed by atoms with Gasteiger partial charge >= 0.3 is 0 Å². The maximum Gasteiger partial charge on any atom is 0.192 e. The van der Waals surface area contributed by atoms with E-state index in [9.17, 15) is 0 Å². The van der Waals surface area contributed by atoms with E-state index in [1.165, 1.54) is 18.2 Å². The Kier molecular flexibility index (Phi) is 2.21. The van der Waals surface area contributed by atoms with E-state index >= 15 is 0 Å². The summed E-state index contributed by atoms with van der Waals surface area (Å²) in [5.74, 6) is 0.359. The van der Waals surface area contributed by atoms with Crippen LogP contribution in [0.5, 0.6) is 17.2 Å². The standard InChI is InChI=1S/C6H5IO3/c7-10-6-3-4(8)1-2-5(6)9/h1-3,8-9H. The predicted octanol–water partition coefficient (Wildman–Crippen LogP) is 1.83. The fourth-order valence-corrected chi connectivity index (χ4v) is 0.917. The van der Waals surface area contributed by atoms with E-state index in [2.05, 4.69) is 3.07 Å². The maximum absolute atomic E-state index is 8.99. The number of phenols is 2. The van der Waals surface area contributed by atoms with Gasteiger partial charge in [0.05, 0.1) is 0 Å². The lowest BCUT2D eigenvalue weighted by atomic mass is 10.3. The van der Waals surface area contributed by atoms with Gasteiger partial charge in [-0.1, -0.05) is 0 Å². The normalized spacial score (nSPS) is 9.30. The number of hydrogen-bond acceptors (Lipinski definition) is 3. The lowest BCUT2D eigenvalue weighted by Crippen LogP contribution is -1.74. The third-order valence-corrected chi connectivity index (χ3v) is 1.50. The van der Waals surface area contributed by atoms with Gasteiger partial charge in [0.25, 0.3) is 0 Å². The second kappa shape index (κ2) is 2.96. The van der Waals surface area contributed by atoms with Crippen molar-refractivity contribution >= 4 is 23.0 Å². The molecule has 4 heteroatoms. The highest BCUT2D eigenvalue weighted by molar-refractivity contribution is 14.1. The SMILES string of the molecule is Oc1ccc(O)c(OI)c1. The van der Waals surface area contributed by atoms with Gasteiger partial charge < -0.3 is 13.3 Å². The molecule has 3 nitrogen and oxygen atoms in total. The van der Waals surface area contributed by atoms with Crippen LogP contribution in [0.4, 0.5) is 0 Å². The van der Waals surface area contributed by atoms with E-state index < -0.39 is 0 Å². The molecule has 0 spiro atoms. The summed E-state index contributed by atoms with van der Waals surface area (Å²) in [6.07, 6.45) is 0. The molecule has 0 unspecified atom stereocenters. The highest BCUT2D eigenvalue weighted by Gasteiger charge is 2.00. The summed E-state index contributed by atoms with van der Waals surface area (Å²) in [6, 6.07) is 4.08. The van der Waals surface area contributed by atoms with Crippen LogP contribution in [0, 0.1) is 0 Å². The molecule has 2 N–H and O–H groups in total. The minimum absolute atomic E-state index is 0.0206. The third-order valence-electron chi connectivity index (χ3n) is 1.03. The van der Waals surface area contributed by atoms with E-state index in [-0.39, 0.29) is 17.2 Å². The molecule has 0 aliphatic carbocycles. The van der Waals surface area contributed by atoms with Crippen molar-refractivity contribution in [2.75, 3.05) is 0 Å². The first-order valence-electron chi connectivity index (χ1n) is 2.54. The highest BCUT2D eigenvalue weighted by atomic mass is 127. The average molecular weight is 252 g/mol. The summed E-state index contributed by atoms with van der Waals surface area (Å²) in [5.41, 5.74) is 0. The van der Waals surface area contributed by atoms with Crippen LogP contribution in [0.2, 0.25) is 0 Å². The van der Waals surface area contributed by atoms with Crippen molar-refractivity contribution < 1.29 is 13.3 Å². The fourth-order valence-electron chi connectivity index (χ4n) is 0.565. The van der Waals surface area contributed by atoms with Gasteiger partial charge in [0, 0.05) is 6.07 Å². The zero-order valence-corrected chi connectivity index (χ0v) is 7.07. The molecular weight excluding hydrogens is 247 g/mol. The van der Waals surface area contributed by atoms with Gasteiger partial charge in [-0.25, -0.2) is 0 Å². The first-order chi connectivity index (χ1) is 4.74. The summed E-state index contributed by atoms with van der Waals surface area (Å²) in [4.78, 5) is 0. The molecule has 10 heavy (non-hydrogen) atoms. The van der Waals surface area contributed by atoms with E-state index in [0.717, 1.165) is 0 Å². The second-order valence-electron chi connectivity index (χ2n) is 1.73. The quantitative estimate of drug-likeness (QED) is 0.592. The molecule has 0 aliphatic rings. The van der Waals surface area contributed by atoms with Crippen molar-refractivity contribution in [2.24, 2.45) is 0 Å². The Labute approximate surface area is 71.9 Å². The first kappa shape index (κ1) is 7.46. The summed E-state index contributed by atoms with van der Waals surface area (Å²) < 4.78 is 4.69. The largest absolute Gasteiger partial charge is 0.508 e. The van der Waals surface area contributed by atoms with Crippen LogP contribution in [0.25, 0.3) is 0 Å². The molecular formula is C6H5IO3. The summed E-state index contributed by atoms with van der Waals surface area (Å²) >= 11 is 1.62. The molecule has 0 atom stereocenters. The van der Waals surface area contributed by atoms with Crippen LogP contribution in [0.1, 0.15) is 0 Å². The number of hydrogen-bond donors (Lipinski definition) is 2. The van der Waals surface area contributed by atoms with Crippen molar-refractivity contribution in [3.05, 3.63) is 18.2 Å². The van der Waals surface area contributed by atoms with Gasteiger partial charge in [0.1, 0.15) is 5.75 Å². The van der Waals surface area contributed by atoms with Crippen LogP contribution >= 0.6 is 23.0 Å². The Bertz CT molecular complexity index is 236. The lowest BCUT2D eigenvalue weighted by Gasteiger charge is -1.99. The van der Waals surface area contributed by atoms with Gasteiger partial charge in [0.15, 0.2) is 34.5 Å². The minimum atomic E-state index is 0.0206. The Morgan fingerprint density at radius 2 is 2.00 bits per heavy atom. The van der Waals surface area contributed by atoms with Gasteiger partial charge in [-0.3, -0.25) is 0 Å². The molecule has 1 rings (SSSR count). The van der Waals surface area contributed by atoms with Crippen molar-refractivity contribution in [1.82, 2.24) is 0 Å².